The second-order valence-electron chi connectivity index (χ2n) is 4.13. The minimum Gasteiger partial charge on any atom is -0.490 e. The lowest BCUT2D eigenvalue weighted by atomic mass is 10.4. The Hall–Kier alpha value is -1.77. The molecule has 1 aromatic heterocycles. The Morgan fingerprint density at radius 2 is 1.76 bits per heavy atom. The third-order valence-corrected chi connectivity index (χ3v) is 2.35. The number of halogens is 3. The molecular formula is C12H19F3N4O2. The monoisotopic (exact) mass is 308 g/mol. The summed E-state index contributed by atoms with van der Waals surface area (Å²) in [5, 5.41) is 5.94. The van der Waals surface area contributed by atoms with Gasteiger partial charge in [-0.15, -0.1) is 0 Å². The van der Waals surface area contributed by atoms with E-state index in [1.165, 1.54) is 13.4 Å². The van der Waals surface area contributed by atoms with Gasteiger partial charge in [0.15, 0.2) is 11.6 Å². The zero-order chi connectivity index (χ0) is 15.7. The Kier molecular flexibility index (Phi) is 7.00. The summed E-state index contributed by atoms with van der Waals surface area (Å²) in [6.45, 7) is 1.55. The van der Waals surface area contributed by atoms with Gasteiger partial charge in [-0.2, -0.15) is 13.2 Å². The van der Waals surface area contributed by atoms with Crippen LogP contribution in [0, 0.1) is 0 Å². The second kappa shape index (κ2) is 8.50. The Balaban J connectivity index is 2.50. The van der Waals surface area contributed by atoms with Gasteiger partial charge in [-0.1, -0.05) is 6.92 Å². The van der Waals surface area contributed by atoms with E-state index in [1.54, 1.807) is 0 Å². The van der Waals surface area contributed by atoms with Crippen molar-refractivity contribution >= 4 is 11.6 Å². The molecule has 0 radical (unpaired) electrons. The maximum Gasteiger partial charge on any atom is 0.411 e. The molecule has 0 aliphatic heterocycles. The summed E-state index contributed by atoms with van der Waals surface area (Å²) in [5.41, 5.74) is 0. The number of methoxy groups -OCH3 is 1. The highest BCUT2D eigenvalue weighted by Gasteiger charge is 2.27. The van der Waals surface area contributed by atoms with E-state index in [0.29, 0.717) is 17.4 Å². The summed E-state index contributed by atoms with van der Waals surface area (Å²) in [6.07, 6.45) is -2.05. The number of ether oxygens (including phenoxy) is 2. The molecule has 1 rings (SSSR count). The molecular weight excluding hydrogens is 289 g/mol. The van der Waals surface area contributed by atoms with Gasteiger partial charge < -0.3 is 20.1 Å². The summed E-state index contributed by atoms with van der Waals surface area (Å²) < 4.78 is 45.4. The first-order chi connectivity index (χ1) is 9.98. The lowest BCUT2D eigenvalue weighted by Crippen LogP contribution is -2.20. The summed E-state index contributed by atoms with van der Waals surface area (Å²) >= 11 is 0. The van der Waals surface area contributed by atoms with E-state index in [4.69, 9.17) is 4.74 Å². The molecule has 2 N–H and O–H groups in total. The van der Waals surface area contributed by atoms with Crippen LogP contribution < -0.4 is 15.4 Å². The van der Waals surface area contributed by atoms with Crippen LogP contribution in [-0.4, -0.2) is 49.6 Å². The summed E-state index contributed by atoms with van der Waals surface area (Å²) in [4.78, 5) is 8.06. The van der Waals surface area contributed by atoms with Crippen molar-refractivity contribution in [2.45, 2.75) is 19.5 Å². The lowest BCUT2D eigenvalue weighted by Gasteiger charge is -2.14. The standard InChI is InChI=1S/C12H19F3N4O2/c1-3-4-16-10-9(20-2)11(19-8-18-10)17-5-6-21-7-12(13,14)15/h8H,3-7H2,1-2H3,(H2,16,17,18,19). The number of anilines is 2. The van der Waals surface area contributed by atoms with Gasteiger partial charge in [0, 0.05) is 13.1 Å². The van der Waals surface area contributed by atoms with E-state index < -0.39 is 12.8 Å². The average molecular weight is 308 g/mol. The summed E-state index contributed by atoms with van der Waals surface area (Å²) in [5.74, 6) is 1.36. The normalized spacial score (nSPS) is 11.3. The van der Waals surface area contributed by atoms with Gasteiger partial charge in [0.25, 0.3) is 0 Å². The van der Waals surface area contributed by atoms with E-state index in [9.17, 15) is 13.2 Å². The third-order valence-electron chi connectivity index (χ3n) is 2.35. The highest BCUT2D eigenvalue weighted by molar-refractivity contribution is 5.63. The Bertz CT molecular complexity index is 429. The number of aromatic nitrogens is 2. The average Bonchev–Trinajstić information content (AvgIpc) is 2.43. The minimum absolute atomic E-state index is 0.0929. The van der Waals surface area contributed by atoms with Crippen molar-refractivity contribution < 1.29 is 22.6 Å². The lowest BCUT2D eigenvalue weighted by molar-refractivity contribution is -0.172. The first kappa shape index (κ1) is 17.3. The van der Waals surface area contributed by atoms with Crippen LogP contribution >= 0.6 is 0 Å². The summed E-state index contributed by atoms with van der Waals surface area (Å²) in [7, 11) is 1.47. The third kappa shape index (κ3) is 6.48. The van der Waals surface area contributed by atoms with Crippen molar-refractivity contribution in [3.05, 3.63) is 6.33 Å². The van der Waals surface area contributed by atoms with Crippen LogP contribution in [0.2, 0.25) is 0 Å². The molecule has 21 heavy (non-hydrogen) atoms. The van der Waals surface area contributed by atoms with Crippen LogP contribution in [0.5, 0.6) is 5.75 Å². The molecule has 1 heterocycles. The van der Waals surface area contributed by atoms with Gasteiger partial charge in [-0.3, -0.25) is 0 Å². The van der Waals surface area contributed by atoms with Crippen LogP contribution in [0.15, 0.2) is 6.33 Å². The first-order valence-corrected chi connectivity index (χ1v) is 6.49. The Morgan fingerprint density at radius 1 is 1.14 bits per heavy atom. The number of nitrogens with zero attached hydrogens (tertiary/aromatic N) is 2. The van der Waals surface area contributed by atoms with Crippen molar-refractivity contribution in [1.82, 2.24) is 9.97 Å². The zero-order valence-corrected chi connectivity index (χ0v) is 12.0. The van der Waals surface area contributed by atoms with Gasteiger partial charge in [0.05, 0.1) is 13.7 Å². The molecule has 0 spiro atoms. The quantitative estimate of drug-likeness (QED) is 0.682. The van der Waals surface area contributed by atoms with Crippen molar-refractivity contribution in [3.63, 3.8) is 0 Å². The van der Waals surface area contributed by atoms with E-state index in [-0.39, 0.29) is 13.2 Å². The maximum absolute atomic E-state index is 11.9. The van der Waals surface area contributed by atoms with E-state index >= 15 is 0 Å². The van der Waals surface area contributed by atoms with Gasteiger partial charge in [0.2, 0.25) is 5.75 Å². The van der Waals surface area contributed by atoms with Crippen molar-refractivity contribution in [2.24, 2.45) is 0 Å². The van der Waals surface area contributed by atoms with E-state index in [1.807, 2.05) is 6.92 Å². The zero-order valence-electron chi connectivity index (χ0n) is 12.0. The van der Waals surface area contributed by atoms with Crippen LogP contribution in [0.3, 0.4) is 0 Å². The number of rotatable bonds is 9. The minimum atomic E-state index is -4.32. The fourth-order valence-electron chi connectivity index (χ4n) is 1.49. The van der Waals surface area contributed by atoms with Crippen molar-refractivity contribution in [3.8, 4) is 5.75 Å². The highest BCUT2D eigenvalue weighted by Crippen LogP contribution is 2.28. The molecule has 0 saturated carbocycles. The molecule has 0 aliphatic carbocycles. The first-order valence-electron chi connectivity index (χ1n) is 6.49. The van der Waals surface area contributed by atoms with E-state index in [2.05, 4.69) is 25.3 Å². The van der Waals surface area contributed by atoms with E-state index in [0.717, 1.165) is 13.0 Å². The molecule has 0 bridgehead atoms. The molecule has 1 aromatic rings. The predicted molar refractivity (Wildman–Crippen MR) is 72.7 cm³/mol. The Morgan fingerprint density at radius 3 is 2.29 bits per heavy atom. The smallest absolute Gasteiger partial charge is 0.411 e. The number of hydrogen-bond acceptors (Lipinski definition) is 6. The highest BCUT2D eigenvalue weighted by atomic mass is 19.4. The molecule has 0 amide bonds. The number of hydrogen-bond donors (Lipinski definition) is 2. The van der Waals surface area contributed by atoms with Crippen molar-refractivity contribution in [1.29, 1.82) is 0 Å². The molecule has 0 unspecified atom stereocenters. The topological polar surface area (TPSA) is 68.3 Å². The number of alkyl halides is 3. The molecule has 0 saturated heterocycles. The van der Waals surface area contributed by atoms with Gasteiger partial charge >= 0.3 is 6.18 Å². The fourth-order valence-corrected chi connectivity index (χ4v) is 1.49. The molecule has 0 aliphatic rings. The summed E-state index contributed by atoms with van der Waals surface area (Å²) in [6, 6.07) is 0. The van der Waals surface area contributed by atoms with Gasteiger partial charge in [-0.25, -0.2) is 9.97 Å². The molecule has 0 aromatic carbocycles. The van der Waals surface area contributed by atoms with Crippen molar-refractivity contribution in [2.75, 3.05) is 44.0 Å². The molecule has 0 atom stereocenters. The fraction of sp³-hybridized carbons (Fsp3) is 0.667. The largest absolute Gasteiger partial charge is 0.490 e. The maximum atomic E-state index is 11.9. The van der Waals surface area contributed by atoms with Crippen LogP contribution in [0.25, 0.3) is 0 Å². The SMILES string of the molecule is CCCNc1ncnc(NCCOCC(F)(F)F)c1OC. The number of nitrogens with one attached hydrogen (secondary N) is 2. The second-order valence-corrected chi connectivity index (χ2v) is 4.13. The van der Waals surface area contributed by atoms with Crippen LogP contribution in [0.4, 0.5) is 24.8 Å². The Labute approximate surface area is 121 Å². The molecule has 0 fully saturated rings. The van der Waals surface area contributed by atoms with Gasteiger partial charge in [0.1, 0.15) is 12.9 Å². The molecule has 120 valence electrons. The van der Waals surface area contributed by atoms with Crippen LogP contribution in [-0.2, 0) is 4.74 Å². The molecule has 6 nitrogen and oxygen atoms in total. The van der Waals surface area contributed by atoms with Gasteiger partial charge in [-0.05, 0) is 6.42 Å². The predicted octanol–water partition coefficient (Wildman–Crippen LogP) is 2.30. The molecule has 9 heteroatoms. The van der Waals surface area contributed by atoms with Crippen LogP contribution in [0.1, 0.15) is 13.3 Å².